The lowest BCUT2D eigenvalue weighted by molar-refractivity contribution is -0.136. The third-order valence-corrected chi connectivity index (χ3v) is 3.01. The molecule has 0 fully saturated rings. The zero-order valence-corrected chi connectivity index (χ0v) is 8.97. The summed E-state index contributed by atoms with van der Waals surface area (Å²) in [6.07, 6.45) is 0.764. The van der Waals surface area contributed by atoms with Gasteiger partial charge in [-0.05, 0) is 24.5 Å². The van der Waals surface area contributed by atoms with Gasteiger partial charge in [-0.15, -0.1) is 0 Å². The van der Waals surface area contributed by atoms with Crippen molar-refractivity contribution in [3.05, 3.63) is 33.8 Å². The molecule has 0 spiro atoms. The van der Waals surface area contributed by atoms with Gasteiger partial charge in [0, 0.05) is 10.9 Å². The molecule has 0 unspecified atom stereocenters. The molecular weight excluding hydrogens is 232 g/mol. The molecule has 0 saturated carbocycles. The smallest absolute Gasteiger partial charge is 0.303 e. The van der Waals surface area contributed by atoms with E-state index in [1.54, 1.807) is 0 Å². The Morgan fingerprint density at radius 2 is 2.23 bits per heavy atom. The van der Waals surface area contributed by atoms with Gasteiger partial charge >= 0.3 is 5.97 Å². The van der Waals surface area contributed by atoms with Gasteiger partial charge in [0.1, 0.15) is 0 Å². The van der Waals surface area contributed by atoms with Crippen molar-refractivity contribution in [2.45, 2.75) is 19.8 Å². The second kappa shape index (κ2) is 4.42. The Balaban J connectivity index is 2.77. The number of hydrogen-bond donors (Lipinski definition) is 1. The summed E-state index contributed by atoms with van der Waals surface area (Å²) in [5.41, 5.74) is 2.20. The third-order valence-electron chi connectivity index (χ3n) is 1.88. The predicted molar refractivity (Wildman–Crippen MR) is 54.8 cm³/mol. The van der Waals surface area contributed by atoms with E-state index in [4.69, 9.17) is 5.11 Å². The summed E-state index contributed by atoms with van der Waals surface area (Å²) in [4.78, 5) is 10.4. The molecule has 0 heterocycles. The highest BCUT2D eigenvalue weighted by molar-refractivity contribution is 9.10. The van der Waals surface area contributed by atoms with Crippen LogP contribution in [0.2, 0.25) is 0 Å². The van der Waals surface area contributed by atoms with Crippen molar-refractivity contribution >= 4 is 21.9 Å². The summed E-state index contributed by atoms with van der Waals surface area (Å²) in [7, 11) is 0. The van der Waals surface area contributed by atoms with Gasteiger partial charge in [-0.2, -0.15) is 0 Å². The van der Waals surface area contributed by atoms with Crippen LogP contribution in [0.15, 0.2) is 22.7 Å². The standard InChI is InChI=1S/C10H11BrO2/c1-7-3-2-4-8(10(7)11)5-6-9(12)13/h2-4H,5-6H2,1H3,(H,12,13). The highest BCUT2D eigenvalue weighted by Gasteiger charge is 2.04. The fourth-order valence-corrected chi connectivity index (χ4v) is 1.61. The third kappa shape index (κ3) is 2.84. The van der Waals surface area contributed by atoms with Gasteiger partial charge in [-0.3, -0.25) is 4.79 Å². The van der Waals surface area contributed by atoms with Gasteiger partial charge < -0.3 is 5.11 Å². The molecule has 2 nitrogen and oxygen atoms in total. The number of aliphatic carboxylic acids is 1. The van der Waals surface area contributed by atoms with Crippen LogP contribution in [0.1, 0.15) is 17.5 Å². The Labute approximate surface area is 85.7 Å². The molecule has 70 valence electrons. The van der Waals surface area contributed by atoms with E-state index >= 15 is 0 Å². The minimum atomic E-state index is -0.756. The molecule has 0 aliphatic rings. The van der Waals surface area contributed by atoms with Crippen molar-refractivity contribution in [1.29, 1.82) is 0 Å². The zero-order chi connectivity index (χ0) is 9.84. The van der Waals surface area contributed by atoms with Crippen LogP contribution < -0.4 is 0 Å². The highest BCUT2D eigenvalue weighted by Crippen LogP contribution is 2.21. The molecule has 0 bridgehead atoms. The van der Waals surface area contributed by atoms with Gasteiger partial charge in [-0.25, -0.2) is 0 Å². The van der Waals surface area contributed by atoms with Crippen LogP contribution in [-0.4, -0.2) is 11.1 Å². The van der Waals surface area contributed by atoms with Crippen molar-refractivity contribution in [3.8, 4) is 0 Å². The Morgan fingerprint density at radius 1 is 1.54 bits per heavy atom. The first-order chi connectivity index (χ1) is 6.11. The van der Waals surface area contributed by atoms with Crippen LogP contribution >= 0.6 is 15.9 Å². The number of carboxylic acids is 1. The maximum atomic E-state index is 10.4. The minimum absolute atomic E-state index is 0.183. The number of carbonyl (C=O) groups is 1. The van der Waals surface area contributed by atoms with Crippen molar-refractivity contribution in [2.24, 2.45) is 0 Å². The summed E-state index contributed by atoms with van der Waals surface area (Å²) in [6, 6.07) is 5.88. The van der Waals surface area contributed by atoms with Gasteiger partial charge in [0.2, 0.25) is 0 Å². The van der Waals surface area contributed by atoms with Gasteiger partial charge in [-0.1, -0.05) is 34.1 Å². The second-order valence-corrected chi connectivity index (χ2v) is 3.73. The molecule has 0 aliphatic heterocycles. The van der Waals surface area contributed by atoms with Crippen LogP contribution in [-0.2, 0) is 11.2 Å². The van der Waals surface area contributed by atoms with E-state index in [2.05, 4.69) is 15.9 Å². The number of aryl methyl sites for hydroxylation is 2. The molecule has 0 amide bonds. The van der Waals surface area contributed by atoms with Gasteiger partial charge in [0.15, 0.2) is 0 Å². The molecule has 1 rings (SSSR count). The molecule has 1 aromatic carbocycles. The lowest BCUT2D eigenvalue weighted by Gasteiger charge is -2.04. The van der Waals surface area contributed by atoms with E-state index in [1.807, 2.05) is 25.1 Å². The molecule has 1 N–H and O–H groups in total. The summed E-state index contributed by atoms with van der Waals surface area (Å²) in [6.45, 7) is 1.99. The first-order valence-corrected chi connectivity index (χ1v) is 4.86. The Kier molecular flexibility index (Phi) is 3.48. The SMILES string of the molecule is Cc1cccc(CCC(=O)O)c1Br. The summed E-state index contributed by atoms with van der Waals surface area (Å²) < 4.78 is 1.02. The molecule has 0 aromatic heterocycles. The Hall–Kier alpha value is -0.830. The number of benzene rings is 1. The van der Waals surface area contributed by atoms with Gasteiger partial charge in [0.05, 0.1) is 0 Å². The number of rotatable bonds is 3. The normalized spacial score (nSPS) is 10.0. The zero-order valence-electron chi connectivity index (χ0n) is 7.38. The molecular formula is C10H11BrO2. The molecule has 0 radical (unpaired) electrons. The van der Waals surface area contributed by atoms with Crippen LogP contribution in [0.3, 0.4) is 0 Å². The molecule has 0 atom stereocenters. The van der Waals surface area contributed by atoms with Crippen LogP contribution in [0, 0.1) is 6.92 Å². The van der Waals surface area contributed by atoms with Crippen molar-refractivity contribution in [1.82, 2.24) is 0 Å². The average molecular weight is 243 g/mol. The topological polar surface area (TPSA) is 37.3 Å². The maximum absolute atomic E-state index is 10.4. The van der Waals surface area contributed by atoms with Crippen LogP contribution in [0.25, 0.3) is 0 Å². The molecule has 13 heavy (non-hydrogen) atoms. The Bertz CT molecular complexity index is 321. The fourth-order valence-electron chi connectivity index (χ4n) is 1.14. The van der Waals surface area contributed by atoms with E-state index in [9.17, 15) is 4.79 Å². The van der Waals surface area contributed by atoms with E-state index in [0.717, 1.165) is 15.6 Å². The Morgan fingerprint density at radius 3 is 2.85 bits per heavy atom. The monoisotopic (exact) mass is 242 g/mol. The first-order valence-electron chi connectivity index (χ1n) is 4.07. The van der Waals surface area contributed by atoms with E-state index in [-0.39, 0.29) is 6.42 Å². The van der Waals surface area contributed by atoms with E-state index in [0.29, 0.717) is 6.42 Å². The number of carboxylic acid groups (broad SMARTS) is 1. The maximum Gasteiger partial charge on any atom is 0.303 e. The van der Waals surface area contributed by atoms with Crippen LogP contribution in [0.4, 0.5) is 0 Å². The van der Waals surface area contributed by atoms with Crippen molar-refractivity contribution < 1.29 is 9.90 Å². The predicted octanol–water partition coefficient (Wildman–Crippen LogP) is 2.77. The summed E-state index contributed by atoms with van der Waals surface area (Å²) >= 11 is 3.44. The van der Waals surface area contributed by atoms with Crippen LogP contribution in [0.5, 0.6) is 0 Å². The largest absolute Gasteiger partial charge is 0.481 e. The molecule has 0 saturated heterocycles. The average Bonchev–Trinajstić information content (AvgIpc) is 2.07. The summed E-state index contributed by atoms with van der Waals surface area (Å²) in [5.74, 6) is -0.756. The minimum Gasteiger partial charge on any atom is -0.481 e. The number of hydrogen-bond acceptors (Lipinski definition) is 1. The fraction of sp³-hybridized carbons (Fsp3) is 0.300. The second-order valence-electron chi connectivity index (χ2n) is 2.94. The van der Waals surface area contributed by atoms with E-state index in [1.165, 1.54) is 0 Å². The van der Waals surface area contributed by atoms with E-state index < -0.39 is 5.97 Å². The first kappa shape index (κ1) is 10.3. The number of halogens is 1. The highest BCUT2D eigenvalue weighted by atomic mass is 79.9. The summed E-state index contributed by atoms with van der Waals surface area (Å²) in [5, 5.41) is 8.52. The van der Waals surface area contributed by atoms with Gasteiger partial charge in [0.25, 0.3) is 0 Å². The molecule has 0 aliphatic carbocycles. The van der Waals surface area contributed by atoms with Crippen molar-refractivity contribution in [3.63, 3.8) is 0 Å². The lowest BCUT2D eigenvalue weighted by atomic mass is 10.1. The lowest BCUT2D eigenvalue weighted by Crippen LogP contribution is -1.98. The quantitative estimate of drug-likeness (QED) is 0.886. The molecule has 3 heteroatoms. The molecule has 1 aromatic rings. The van der Waals surface area contributed by atoms with Crippen molar-refractivity contribution in [2.75, 3.05) is 0 Å².